The van der Waals surface area contributed by atoms with Crippen LogP contribution in [0.2, 0.25) is 0 Å². The topological polar surface area (TPSA) is 101 Å². The van der Waals surface area contributed by atoms with Crippen LogP contribution in [0.5, 0.6) is 0 Å². The van der Waals surface area contributed by atoms with E-state index in [-0.39, 0.29) is 17.6 Å². The van der Waals surface area contributed by atoms with Crippen molar-refractivity contribution in [3.8, 4) is 11.4 Å². The van der Waals surface area contributed by atoms with E-state index >= 15 is 0 Å². The fraction of sp³-hybridized carbons (Fsp3) is 0.385. The third-order valence-electron chi connectivity index (χ3n) is 3.36. The number of likely N-dealkylation sites (tertiary alicyclic amines) is 1. The van der Waals surface area contributed by atoms with Crippen LogP contribution in [0.15, 0.2) is 24.5 Å². The van der Waals surface area contributed by atoms with Crippen LogP contribution in [0.3, 0.4) is 0 Å². The van der Waals surface area contributed by atoms with Gasteiger partial charge in [-0.25, -0.2) is 4.98 Å². The van der Waals surface area contributed by atoms with Crippen LogP contribution in [-0.2, 0) is 0 Å². The lowest BCUT2D eigenvalue weighted by atomic mass is 10.2. The Morgan fingerprint density at radius 3 is 2.95 bits per heavy atom. The van der Waals surface area contributed by atoms with Gasteiger partial charge < -0.3 is 5.73 Å². The lowest BCUT2D eigenvalue weighted by Gasteiger charge is -2.12. The zero-order valence-electron chi connectivity index (χ0n) is 11.0. The fourth-order valence-electron chi connectivity index (χ4n) is 2.30. The fourth-order valence-corrected chi connectivity index (χ4v) is 2.30. The van der Waals surface area contributed by atoms with E-state index in [4.69, 9.17) is 5.73 Å². The highest BCUT2D eigenvalue weighted by molar-refractivity contribution is 5.94. The van der Waals surface area contributed by atoms with E-state index in [0.29, 0.717) is 12.4 Å². The van der Waals surface area contributed by atoms with Gasteiger partial charge in [-0.05, 0) is 18.6 Å². The molecule has 1 fully saturated rings. The largest absolute Gasteiger partial charge is 0.326 e. The molecule has 1 aliphatic rings. The van der Waals surface area contributed by atoms with Gasteiger partial charge in [0.15, 0.2) is 11.6 Å². The number of ketones is 1. The second-order valence-electron chi connectivity index (χ2n) is 4.95. The van der Waals surface area contributed by atoms with Crippen molar-refractivity contribution in [3.63, 3.8) is 0 Å². The molecule has 3 rings (SSSR count). The van der Waals surface area contributed by atoms with Gasteiger partial charge in [0.2, 0.25) is 5.78 Å². The molecule has 7 heteroatoms. The van der Waals surface area contributed by atoms with Crippen LogP contribution in [0.4, 0.5) is 0 Å². The minimum Gasteiger partial charge on any atom is -0.326 e. The lowest BCUT2D eigenvalue weighted by molar-refractivity contribution is 0.0935. The van der Waals surface area contributed by atoms with Crippen molar-refractivity contribution in [3.05, 3.63) is 30.4 Å². The Balaban J connectivity index is 1.69. The molecule has 0 spiro atoms. The Morgan fingerprint density at radius 1 is 1.45 bits per heavy atom. The zero-order chi connectivity index (χ0) is 13.9. The molecule has 1 atom stereocenters. The van der Waals surface area contributed by atoms with Crippen molar-refractivity contribution in [2.24, 2.45) is 5.73 Å². The highest BCUT2D eigenvalue weighted by Crippen LogP contribution is 2.13. The molecule has 7 nitrogen and oxygen atoms in total. The number of hydrogen-bond acceptors (Lipinski definition) is 6. The summed E-state index contributed by atoms with van der Waals surface area (Å²) in [7, 11) is 0. The summed E-state index contributed by atoms with van der Waals surface area (Å²) < 4.78 is 0. The first-order valence-electron chi connectivity index (χ1n) is 6.56. The quantitative estimate of drug-likeness (QED) is 0.765. The first kappa shape index (κ1) is 12.9. The first-order chi connectivity index (χ1) is 9.72. The van der Waals surface area contributed by atoms with E-state index < -0.39 is 0 Å². The number of nitrogens with two attached hydrogens (primary N) is 1. The van der Waals surface area contributed by atoms with E-state index in [9.17, 15) is 4.79 Å². The molecular formula is C13H16N6O. The highest BCUT2D eigenvalue weighted by Gasteiger charge is 2.23. The number of nitrogens with one attached hydrogen (secondary N) is 1. The van der Waals surface area contributed by atoms with E-state index in [1.807, 2.05) is 4.90 Å². The first-order valence-corrected chi connectivity index (χ1v) is 6.56. The van der Waals surface area contributed by atoms with Gasteiger partial charge in [0.25, 0.3) is 0 Å². The Bertz CT molecular complexity index is 596. The van der Waals surface area contributed by atoms with E-state index in [1.165, 1.54) is 0 Å². The van der Waals surface area contributed by atoms with Crippen molar-refractivity contribution in [1.29, 1.82) is 0 Å². The van der Waals surface area contributed by atoms with Gasteiger partial charge in [-0.3, -0.25) is 19.8 Å². The summed E-state index contributed by atoms with van der Waals surface area (Å²) in [6.45, 7) is 1.95. The third-order valence-corrected chi connectivity index (χ3v) is 3.36. The molecule has 3 heterocycles. The normalized spacial score (nSPS) is 19.4. The Hall–Kier alpha value is -2.12. The molecule has 20 heavy (non-hydrogen) atoms. The second-order valence-corrected chi connectivity index (χ2v) is 4.95. The number of pyridine rings is 1. The minimum atomic E-state index is -0.0630. The predicted octanol–water partition coefficient (Wildman–Crippen LogP) is 0.0824. The average molecular weight is 272 g/mol. The summed E-state index contributed by atoms with van der Waals surface area (Å²) >= 11 is 0. The standard InChI is InChI=1S/C13H16N6O/c14-10-3-6-19(7-10)8-11(20)13-16-12(17-18-13)9-1-4-15-5-2-9/h1-2,4-5,10H,3,6-8,14H2,(H,16,17,18). The predicted molar refractivity (Wildman–Crippen MR) is 73.0 cm³/mol. The molecule has 0 saturated carbocycles. The number of nitrogens with zero attached hydrogens (tertiary/aromatic N) is 4. The van der Waals surface area contributed by atoms with Crippen molar-refractivity contribution in [2.75, 3.05) is 19.6 Å². The molecule has 104 valence electrons. The number of Topliss-reactive ketones (excluding diaryl/α,β-unsaturated/α-hetero) is 1. The van der Waals surface area contributed by atoms with Crippen molar-refractivity contribution in [1.82, 2.24) is 25.1 Å². The number of rotatable bonds is 4. The Kier molecular flexibility index (Phi) is 3.53. The number of hydrogen-bond donors (Lipinski definition) is 2. The molecule has 1 unspecified atom stereocenters. The molecule has 0 radical (unpaired) electrons. The van der Waals surface area contributed by atoms with Gasteiger partial charge in [0.1, 0.15) is 0 Å². The number of aromatic nitrogens is 4. The van der Waals surface area contributed by atoms with Gasteiger partial charge in [-0.2, -0.15) is 5.10 Å². The van der Waals surface area contributed by atoms with Gasteiger partial charge >= 0.3 is 0 Å². The number of carbonyl (C=O) groups is 1. The molecular weight excluding hydrogens is 256 g/mol. The lowest BCUT2D eigenvalue weighted by Crippen LogP contribution is -2.31. The number of aromatic amines is 1. The molecule has 2 aromatic rings. The van der Waals surface area contributed by atoms with Crippen molar-refractivity contribution >= 4 is 5.78 Å². The van der Waals surface area contributed by atoms with E-state index in [2.05, 4.69) is 20.2 Å². The molecule has 1 saturated heterocycles. The molecule has 0 aromatic carbocycles. The smallest absolute Gasteiger partial charge is 0.213 e. The summed E-state index contributed by atoms with van der Waals surface area (Å²) in [5.74, 6) is 0.734. The van der Waals surface area contributed by atoms with Crippen LogP contribution in [-0.4, -0.2) is 56.5 Å². The monoisotopic (exact) mass is 272 g/mol. The summed E-state index contributed by atoms with van der Waals surface area (Å²) in [6.07, 6.45) is 4.27. The molecule has 0 aliphatic carbocycles. The van der Waals surface area contributed by atoms with Gasteiger partial charge in [0, 0.05) is 37.1 Å². The van der Waals surface area contributed by atoms with Gasteiger partial charge in [0.05, 0.1) is 6.54 Å². The highest BCUT2D eigenvalue weighted by atomic mass is 16.1. The van der Waals surface area contributed by atoms with E-state index in [1.54, 1.807) is 24.5 Å². The summed E-state index contributed by atoms with van der Waals surface area (Å²) in [5, 5.41) is 6.77. The molecule has 1 aliphatic heterocycles. The molecule has 2 aromatic heterocycles. The summed E-state index contributed by atoms with van der Waals surface area (Å²) in [5.41, 5.74) is 6.66. The molecule has 0 amide bonds. The maximum atomic E-state index is 12.1. The molecule has 3 N–H and O–H groups in total. The van der Waals surface area contributed by atoms with Gasteiger partial charge in [-0.1, -0.05) is 0 Å². The maximum absolute atomic E-state index is 12.1. The van der Waals surface area contributed by atoms with Crippen LogP contribution >= 0.6 is 0 Å². The number of carbonyl (C=O) groups excluding carboxylic acids is 1. The van der Waals surface area contributed by atoms with Crippen molar-refractivity contribution in [2.45, 2.75) is 12.5 Å². The SMILES string of the molecule is NC1CCN(CC(=O)c2nc(-c3ccncc3)n[nH]2)C1. The third kappa shape index (κ3) is 2.73. The Labute approximate surface area is 116 Å². The average Bonchev–Trinajstić information content (AvgIpc) is 3.09. The Morgan fingerprint density at radius 2 is 2.25 bits per heavy atom. The van der Waals surface area contributed by atoms with E-state index in [0.717, 1.165) is 25.1 Å². The van der Waals surface area contributed by atoms with Crippen LogP contribution < -0.4 is 5.73 Å². The summed E-state index contributed by atoms with van der Waals surface area (Å²) in [6, 6.07) is 3.78. The molecule has 0 bridgehead atoms. The van der Waals surface area contributed by atoms with Crippen molar-refractivity contribution < 1.29 is 4.79 Å². The van der Waals surface area contributed by atoms with Gasteiger partial charge in [-0.15, -0.1) is 0 Å². The summed E-state index contributed by atoms with van der Waals surface area (Å²) in [4.78, 5) is 22.3. The van der Waals surface area contributed by atoms with Crippen LogP contribution in [0.1, 0.15) is 17.0 Å². The number of H-pyrrole nitrogens is 1. The second kappa shape index (κ2) is 5.48. The zero-order valence-corrected chi connectivity index (χ0v) is 11.0. The van der Waals surface area contributed by atoms with Crippen LogP contribution in [0.25, 0.3) is 11.4 Å². The van der Waals surface area contributed by atoms with Crippen LogP contribution in [0, 0.1) is 0 Å². The maximum Gasteiger partial charge on any atom is 0.213 e. The minimum absolute atomic E-state index is 0.0630.